The fraction of sp³-hybridized carbons (Fsp3) is 0.133. The van der Waals surface area contributed by atoms with E-state index >= 15 is 0 Å². The lowest BCUT2D eigenvalue weighted by molar-refractivity contribution is 0.174. The first kappa shape index (κ1) is 12.7. The number of rotatable bonds is 2. The Morgan fingerprint density at radius 3 is 3.09 bits per heavy atom. The maximum atomic E-state index is 5.46. The molecule has 0 spiro atoms. The molecule has 0 saturated heterocycles. The highest BCUT2D eigenvalue weighted by Crippen LogP contribution is 2.37. The molecule has 23 heavy (non-hydrogen) atoms. The Morgan fingerprint density at radius 2 is 2.17 bits per heavy atom. The van der Waals surface area contributed by atoms with Crippen molar-refractivity contribution >= 4 is 23.0 Å². The Labute approximate surface area is 135 Å². The van der Waals surface area contributed by atoms with Crippen molar-refractivity contribution in [2.45, 2.75) is 6.04 Å². The standard InChI is InChI=1S/C15H11N5O2S/c1-2-14(23-5-1)11-7-10(16-15-17-18-19-20(11)15)9-3-4-12-13(6-9)22-8-21-12/h1-7,11H,8H2,(H,16,17,19). The number of hydrogen-bond donors (Lipinski definition) is 1. The second kappa shape index (κ2) is 4.82. The largest absolute Gasteiger partial charge is 0.454 e. The molecule has 0 saturated carbocycles. The third kappa shape index (κ3) is 1.99. The van der Waals surface area contributed by atoms with Crippen LogP contribution in [0.2, 0.25) is 0 Å². The Kier molecular flexibility index (Phi) is 2.65. The molecule has 0 fully saturated rings. The van der Waals surface area contributed by atoms with E-state index in [1.54, 1.807) is 16.0 Å². The summed E-state index contributed by atoms with van der Waals surface area (Å²) in [5.41, 5.74) is 1.95. The molecule has 0 amide bonds. The number of nitrogens with one attached hydrogen (secondary N) is 1. The lowest BCUT2D eigenvalue weighted by atomic mass is 10.1. The number of hydrogen-bond acceptors (Lipinski definition) is 7. The molecule has 2 aromatic heterocycles. The lowest BCUT2D eigenvalue weighted by Gasteiger charge is -2.22. The quantitative estimate of drug-likeness (QED) is 0.780. The van der Waals surface area contributed by atoms with Crippen LogP contribution in [0.5, 0.6) is 11.5 Å². The van der Waals surface area contributed by atoms with Crippen LogP contribution in [0.3, 0.4) is 0 Å². The normalized spacial score (nSPS) is 18.3. The van der Waals surface area contributed by atoms with Gasteiger partial charge in [-0.25, -0.2) is 0 Å². The van der Waals surface area contributed by atoms with Crippen LogP contribution >= 0.6 is 11.3 Å². The predicted molar refractivity (Wildman–Crippen MR) is 84.4 cm³/mol. The van der Waals surface area contributed by atoms with Gasteiger partial charge in [-0.3, -0.25) is 0 Å². The van der Waals surface area contributed by atoms with Crippen LogP contribution in [0.15, 0.2) is 41.8 Å². The molecular weight excluding hydrogens is 314 g/mol. The van der Waals surface area contributed by atoms with E-state index < -0.39 is 0 Å². The van der Waals surface area contributed by atoms with Crippen molar-refractivity contribution < 1.29 is 9.47 Å². The average molecular weight is 325 g/mol. The zero-order chi connectivity index (χ0) is 15.2. The number of fused-ring (bicyclic) bond motifs is 2. The highest BCUT2D eigenvalue weighted by Gasteiger charge is 2.25. The number of allylic oxidation sites excluding steroid dienone is 1. The van der Waals surface area contributed by atoms with Crippen LogP contribution in [0.1, 0.15) is 16.5 Å². The molecule has 1 aromatic carbocycles. The maximum Gasteiger partial charge on any atom is 0.248 e. The predicted octanol–water partition coefficient (Wildman–Crippen LogP) is 2.52. The Hall–Kier alpha value is -2.87. The van der Waals surface area contributed by atoms with E-state index in [4.69, 9.17) is 9.47 Å². The van der Waals surface area contributed by atoms with Crippen molar-refractivity contribution in [2.75, 3.05) is 12.1 Å². The molecule has 0 radical (unpaired) electrons. The minimum atomic E-state index is -0.0262. The lowest BCUT2D eigenvalue weighted by Crippen LogP contribution is -2.19. The molecule has 1 atom stereocenters. The van der Waals surface area contributed by atoms with Gasteiger partial charge in [-0.1, -0.05) is 11.2 Å². The Bertz CT molecular complexity index is 902. The zero-order valence-corrected chi connectivity index (χ0v) is 12.7. The number of aromatic nitrogens is 4. The van der Waals surface area contributed by atoms with E-state index in [1.807, 2.05) is 24.3 Å². The second-order valence-corrected chi connectivity index (χ2v) is 6.16. The Balaban J connectivity index is 1.60. The molecule has 7 nitrogen and oxygen atoms in total. The number of ether oxygens (including phenoxy) is 2. The van der Waals surface area contributed by atoms with Crippen LogP contribution in [-0.2, 0) is 0 Å². The topological polar surface area (TPSA) is 74.1 Å². The molecule has 2 aliphatic rings. The van der Waals surface area contributed by atoms with Gasteiger partial charge in [0.1, 0.15) is 6.04 Å². The summed E-state index contributed by atoms with van der Waals surface area (Å²) in [4.78, 5) is 1.18. The first-order valence-corrected chi connectivity index (χ1v) is 7.96. The van der Waals surface area contributed by atoms with Gasteiger partial charge in [-0.05, 0) is 46.1 Å². The van der Waals surface area contributed by atoms with E-state index in [9.17, 15) is 0 Å². The molecule has 1 N–H and O–H groups in total. The summed E-state index contributed by atoms with van der Waals surface area (Å²) in [6, 6.07) is 9.96. The highest BCUT2D eigenvalue weighted by atomic mass is 32.1. The summed E-state index contributed by atoms with van der Waals surface area (Å²) in [5, 5.41) is 17.3. The van der Waals surface area contributed by atoms with Gasteiger partial charge in [-0.15, -0.1) is 11.3 Å². The molecule has 2 aliphatic heterocycles. The van der Waals surface area contributed by atoms with Gasteiger partial charge in [0.05, 0.1) is 0 Å². The average Bonchev–Trinajstić information content (AvgIpc) is 3.32. The van der Waals surface area contributed by atoms with Crippen LogP contribution in [0.4, 0.5) is 5.95 Å². The van der Waals surface area contributed by atoms with E-state index in [2.05, 4.69) is 38.4 Å². The molecule has 1 unspecified atom stereocenters. The summed E-state index contributed by atoms with van der Waals surface area (Å²) in [7, 11) is 0. The van der Waals surface area contributed by atoms with Gasteiger partial charge in [-0.2, -0.15) is 4.68 Å². The van der Waals surface area contributed by atoms with Gasteiger partial charge < -0.3 is 14.8 Å². The van der Waals surface area contributed by atoms with Gasteiger partial charge in [0.25, 0.3) is 0 Å². The molecule has 4 heterocycles. The molecular formula is C15H11N5O2S. The Morgan fingerprint density at radius 1 is 1.22 bits per heavy atom. The van der Waals surface area contributed by atoms with Crippen molar-refractivity contribution in [2.24, 2.45) is 0 Å². The monoisotopic (exact) mass is 325 g/mol. The van der Waals surface area contributed by atoms with Crippen molar-refractivity contribution in [1.29, 1.82) is 0 Å². The fourth-order valence-corrected chi connectivity index (χ4v) is 3.53. The van der Waals surface area contributed by atoms with Gasteiger partial charge in [0.15, 0.2) is 11.5 Å². The summed E-state index contributed by atoms with van der Waals surface area (Å²) in [5.74, 6) is 2.14. The van der Waals surface area contributed by atoms with E-state index in [1.165, 1.54) is 4.88 Å². The molecule has 114 valence electrons. The number of anilines is 1. The smallest absolute Gasteiger partial charge is 0.248 e. The highest BCUT2D eigenvalue weighted by molar-refractivity contribution is 7.10. The SMILES string of the molecule is C1=C(c2ccc3c(c2)OCO3)Nc2nnnn2C1c1cccs1. The van der Waals surface area contributed by atoms with Crippen molar-refractivity contribution in [1.82, 2.24) is 20.2 Å². The minimum absolute atomic E-state index is 0.0262. The van der Waals surface area contributed by atoms with Crippen LogP contribution < -0.4 is 14.8 Å². The fourth-order valence-electron chi connectivity index (χ4n) is 2.75. The number of tetrazole rings is 1. The summed E-state index contributed by atoms with van der Waals surface area (Å²) >= 11 is 1.68. The van der Waals surface area contributed by atoms with E-state index in [0.29, 0.717) is 5.95 Å². The number of benzene rings is 1. The maximum absolute atomic E-state index is 5.46. The molecule has 3 aromatic rings. The summed E-state index contributed by atoms with van der Waals surface area (Å²) in [6.45, 7) is 0.265. The van der Waals surface area contributed by atoms with Gasteiger partial charge in [0, 0.05) is 16.1 Å². The molecule has 5 rings (SSSR count). The van der Waals surface area contributed by atoms with Crippen LogP contribution in [0.25, 0.3) is 5.70 Å². The third-order valence-corrected chi connectivity index (χ3v) is 4.79. The summed E-state index contributed by atoms with van der Waals surface area (Å²) < 4.78 is 12.6. The van der Waals surface area contributed by atoms with E-state index in [-0.39, 0.29) is 12.8 Å². The number of nitrogens with zero attached hydrogens (tertiary/aromatic N) is 4. The third-order valence-electron chi connectivity index (χ3n) is 3.85. The van der Waals surface area contributed by atoms with Gasteiger partial charge >= 0.3 is 0 Å². The van der Waals surface area contributed by atoms with Crippen LogP contribution in [-0.4, -0.2) is 27.0 Å². The zero-order valence-electron chi connectivity index (χ0n) is 11.8. The van der Waals surface area contributed by atoms with Crippen molar-refractivity contribution in [3.8, 4) is 11.5 Å². The first-order chi connectivity index (χ1) is 11.4. The van der Waals surface area contributed by atoms with Crippen molar-refractivity contribution in [3.63, 3.8) is 0 Å². The molecule has 0 aliphatic carbocycles. The van der Waals surface area contributed by atoms with Crippen molar-refractivity contribution in [3.05, 3.63) is 52.2 Å². The number of thiophene rings is 1. The van der Waals surface area contributed by atoms with E-state index in [0.717, 1.165) is 22.8 Å². The first-order valence-electron chi connectivity index (χ1n) is 7.08. The second-order valence-electron chi connectivity index (χ2n) is 5.18. The molecule has 8 heteroatoms. The minimum Gasteiger partial charge on any atom is -0.454 e. The van der Waals surface area contributed by atoms with Crippen LogP contribution in [0, 0.1) is 0 Å². The van der Waals surface area contributed by atoms with Gasteiger partial charge in [0.2, 0.25) is 12.7 Å². The molecule has 0 bridgehead atoms. The summed E-state index contributed by atoms with van der Waals surface area (Å²) in [6.07, 6.45) is 2.12.